The summed E-state index contributed by atoms with van der Waals surface area (Å²) in [5.74, 6) is -0.230. The molecule has 0 bridgehead atoms. The molecule has 0 aliphatic heterocycles. The predicted molar refractivity (Wildman–Crippen MR) is 55.0 cm³/mol. The zero-order chi connectivity index (χ0) is 11.1. The van der Waals surface area contributed by atoms with Crippen LogP contribution in [0, 0.1) is 0 Å². The summed E-state index contributed by atoms with van der Waals surface area (Å²) in [6.07, 6.45) is -0.463. The first kappa shape index (κ1) is 11.5. The van der Waals surface area contributed by atoms with E-state index in [-0.39, 0.29) is 0 Å². The maximum absolute atomic E-state index is 10.6. The van der Waals surface area contributed by atoms with E-state index < -0.39 is 12.1 Å². The molecule has 0 heterocycles. The first-order valence-electron chi connectivity index (χ1n) is 4.67. The molecule has 0 aliphatic rings. The number of carboxylic acid groups (broad SMARTS) is 1. The number of hydrogen-bond acceptors (Lipinski definition) is 3. The van der Waals surface area contributed by atoms with E-state index in [2.05, 4.69) is 0 Å². The molecule has 15 heavy (non-hydrogen) atoms. The van der Waals surface area contributed by atoms with Crippen molar-refractivity contribution >= 4 is 5.97 Å². The quantitative estimate of drug-likeness (QED) is 0.774. The fraction of sp³-hybridized carbons (Fsp3) is 0.364. The lowest BCUT2D eigenvalue weighted by Gasteiger charge is -2.11. The summed E-state index contributed by atoms with van der Waals surface area (Å²) in [4.78, 5) is 10.6. The number of carbonyl (C=O) groups is 1. The molecule has 1 aromatic carbocycles. The minimum Gasteiger partial charge on any atom is -0.493 e. The number of carboxylic acids is 1. The molecule has 0 fully saturated rings. The number of aliphatic carboxylic acids is 1. The molecule has 82 valence electrons. The summed E-state index contributed by atoms with van der Waals surface area (Å²) in [5.41, 5.74) is 0. The van der Waals surface area contributed by atoms with Gasteiger partial charge in [0.05, 0.1) is 6.61 Å². The van der Waals surface area contributed by atoms with E-state index in [1.54, 1.807) is 0 Å². The average molecular weight is 210 g/mol. The maximum atomic E-state index is 10.6. The van der Waals surface area contributed by atoms with Crippen LogP contribution in [0.25, 0.3) is 0 Å². The lowest BCUT2D eigenvalue weighted by molar-refractivity contribution is -0.149. The van der Waals surface area contributed by atoms with Crippen molar-refractivity contribution in [2.75, 3.05) is 13.7 Å². The number of methoxy groups -OCH3 is 1. The molecule has 0 radical (unpaired) electrons. The number of ether oxygens (including phenoxy) is 2. The molecule has 0 aromatic heterocycles. The van der Waals surface area contributed by atoms with Crippen molar-refractivity contribution in [3.05, 3.63) is 30.3 Å². The Hall–Kier alpha value is -1.55. The Morgan fingerprint density at radius 3 is 2.60 bits per heavy atom. The molecule has 4 nitrogen and oxygen atoms in total. The molecule has 0 amide bonds. The normalized spacial score (nSPS) is 12.1. The van der Waals surface area contributed by atoms with E-state index in [1.807, 2.05) is 30.3 Å². The summed E-state index contributed by atoms with van der Waals surface area (Å²) in [5, 5.41) is 8.69. The molecule has 0 aliphatic carbocycles. The van der Waals surface area contributed by atoms with Crippen molar-refractivity contribution in [2.24, 2.45) is 0 Å². The minimum atomic E-state index is -0.964. The Kier molecular flexibility index (Phi) is 4.63. The molecule has 0 spiro atoms. The SMILES string of the molecule is COC(CCOc1ccccc1)C(=O)O. The van der Waals surface area contributed by atoms with Crippen LogP contribution in [0.15, 0.2) is 30.3 Å². The van der Waals surface area contributed by atoms with Crippen LogP contribution in [-0.2, 0) is 9.53 Å². The first-order chi connectivity index (χ1) is 7.24. The lowest BCUT2D eigenvalue weighted by Crippen LogP contribution is -2.24. The van der Waals surface area contributed by atoms with Gasteiger partial charge in [-0.2, -0.15) is 0 Å². The van der Waals surface area contributed by atoms with Crippen LogP contribution in [0.3, 0.4) is 0 Å². The van der Waals surface area contributed by atoms with Gasteiger partial charge in [-0.25, -0.2) is 4.79 Å². The third-order valence-corrected chi connectivity index (χ3v) is 1.95. The zero-order valence-corrected chi connectivity index (χ0v) is 8.55. The highest BCUT2D eigenvalue weighted by atomic mass is 16.5. The smallest absolute Gasteiger partial charge is 0.332 e. The van der Waals surface area contributed by atoms with E-state index in [0.717, 1.165) is 5.75 Å². The number of hydrogen-bond donors (Lipinski definition) is 1. The Balaban J connectivity index is 2.30. The van der Waals surface area contributed by atoms with Crippen LogP contribution in [0.1, 0.15) is 6.42 Å². The highest BCUT2D eigenvalue weighted by molar-refractivity contribution is 5.72. The third-order valence-electron chi connectivity index (χ3n) is 1.95. The van der Waals surface area contributed by atoms with Crippen molar-refractivity contribution in [3.8, 4) is 5.75 Å². The first-order valence-corrected chi connectivity index (χ1v) is 4.67. The van der Waals surface area contributed by atoms with Gasteiger partial charge in [0.25, 0.3) is 0 Å². The fourth-order valence-corrected chi connectivity index (χ4v) is 1.14. The second-order valence-electron chi connectivity index (χ2n) is 3.01. The summed E-state index contributed by atoms with van der Waals surface area (Å²) in [6, 6.07) is 9.26. The molecular formula is C11H14O4. The van der Waals surface area contributed by atoms with E-state index in [1.165, 1.54) is 7.11 Å². The van der Waals surface area contributed by atoms with Gasteiger partial charge in [-0.3, -0.25) is 0 Å². The molecule has 1 unspecified atom stereocenters. The fourth-order valence-electron chi connectivity index (χ4n) is 1.14. The van der Waals surface area contributed by atoms with Crippen LogP contribution in [-0.4, -0.2) is 30.9 Å². The summed E-state index contributed by atoms with van der Waals surface area (Å²) < 4.78 is 10.1. The van der Waals surface area contributed by atoms with Gasteiger partial charge >= 0.3 is 5.97 Å². The summed E-state index contributed by atoms with van der Waals surface area (Å²) >= 11 is 0. The molecule has 0 saturated carbocycles. The monoisotopic (exact) mass is 210 g/mol. The second kappa shape index (κ2) is 6.03. The van der Waals surface area contributed by atoms with Gasteiger partial charge in [0.1, 0.15) is 5.75 Å². The lowest BCUT2D eigenvalue weighted by atomic mass is 10.2. The summed E-state index contributed by atoms with van der Waals surface area (Å²) in [7, 11) is 1.38. The zero-order valence-electron chi connectivity index (χ0n) is 8.55. The number of rotatable bonds is 6. The molecule has 0 saturated heterocycles. The second-order valence-corrected chi connectivity index (χ2v) is 3.01. The topological polar surface area (TPSA) is 55.8 Å². The molecule has 1 atom stereocenters. The van der Waals surface area contributed by atoms with Crippen molar-refractivity contribution in [2.45, 2.75) is 12.5 Å². The average Bonchev–Trinajstić information content (AvgIpc) is 2.25. The molecular weight excluding hydrogens is 196 g/mol. The van der Waals surface area contributed by atoms with E-state index in [4.69, 9.17) is 14.6 Å². The maximum Gasteiger partial charge on any atom is 0.332 e. The van der Waals surface area contributed by atoms with Crippen LogP contribution in [0.4, 0.5) is 0 Å². The van der Waals surface area contributed by atoms with Gasteiger partial charge in [0, 0.05) is 13.5 Å². The highest BCUT2D eigenvalue weighted by Gasteiger charge is 2.15. The van der Waals surface area contributed by atoms with Crippen LogP contribution in [0.2, 0.25) is 0 Å². The van der Waals surface area contributed by atoms with Crippen LogP contribution < -0.4 is 4.74 Å². The minimum absolute atomic E-state index is 0.328. The van der Waals surface area contributed by atoms with E-state index >= 15 is 0 Å². The van der Waals surface area contributed by atoms with Crippen molar-refractivity contribution in [3.63, 3.8) is 0 Å². The van der Waals surface area contributed by atoms with E-state index in [0.29, 0.717) is 13.0 Å². The van der Waals surface area contributed by atoms with Gasteiger partial charge in [0.2, 0.25) is 0 Å². The molecule has 4 heteroatoms. The molecule has 1 aromatic rings. The highest BCUT2D eigenvalue weighted by Crippen LogP contribution is 2.09. The van der Waals surface area contributed by atoms with Crippen molar-refractivity contribution < 1.29 is 19.4 Å². The van der Waals surface area contributed by atoms with Crippen LogP contribution >= 0.6 is 0 Å². The van der Waals surface area contributed by atoms with E-state index in [9.17, 15) is 4.79 Å². The van der Waals surface area contributed by atoms with Gasteiger partial charge in [-0.05, 0) is 12.1 Å². The Morgan fingerprint density at radius 2 is 2.07 bits per heavy atom. The largest absolute Gasteiger partial charge is 0.493 e. The molecule has 1 N–H and O–H groups in total. The Morgan fingerprint density at radius 1 is 1.40 bits per heavy atom. The standard InChI is InChI=1S/C11H14O4/c1-14-10(11(12)13)7-8-15-9-5-3-2-4-6-9/h2-6,10H,7-8H2,1H3,(H,12,13). The summed E-state index contributed by atoms with van der Waals surface area (Å²) in [6.45, 7) is 0.328. The van der Waals surface area contributed by atoms with Crippen molar-refractivity contribution in [1.29, 1.82) is 0 Å². The predicted octanol–water partition coefficient (Wildman–Crippen LogP) is 1.56. The molecule has 1 rings (SSSR count). The number of benzene rings is 1. The van der Waals surface area contributed by atoms with Crippen molar-refractivity contribution in [1.82, 2.24) is 0 Å². The van der Waals surface area contributed by atoms with Gasteiger partial charge in [0.15, 0.2) is 6.10 Å². The number of para-hydroxylation sites is 1. The van der Waals surface area contributed by atoms with Gasteiger partial charge < -0.3 is 14.6 Å². The van der Waals surface area contributed by atoms with Crippen LogP contribution in [0.5, 0.6) is 5.75 Å². The van der Waals surface area contributed by atoms with Gasteiger partial charge in [-0.15, -0.1) is 0 Å². The Bertz CT molecular complexity index is 297. The van der Waals surface area contributed by atoms with Gasteiger partial charge in [-0.1, -0.05) is 18.2 Å². The third kappa shape index (κ3) is 3.99. The Labute approximate surface area is 88.4 Å².